The number of oxime groups is 1. The van der Waals surface area contributed by atoms with E-state index in [9.17, 15) is 4.79 Å². The molecule has 108 valence electrons. The molecule has 7 nitrogen and oxygen atoms in total. The van der Waals surface area contributed by atoms with Crippen LogP contribution in [0.25, 0.3) is 0 Å². The average Bonchev–Trinajstić information content (AvgIpc) is 2.47. The first-order valence-corrected chi connectivity index (χ1v) is 6.34. The first-order chi connectivity index (χ1) is 9.63. The van der Waals surface area contributed by atoms with Gasteiger partial charge >= 0.3 is 6.03 Å². The van der Waals surface area contributed by atoms with Crippen molar-refractivity contribution >= 4 is 17.6 Å². The molecule has 1 fully saturated rings. The number of carbonyl (C=O) groups is 1. The van der Waals surface area contributed by atoms with Crippen LogP contribution < -0.4 is 11.1 Å². The van der Waals surface area contributed by atoms with E-state index in [0.29, 0.717) is 37.6 Å². The average molecular weight is 278 g/mol. The molecule has 0 aliphatic carbocycles. The van der Waals surface area contributed by atoms with Gasteiger partial charge in [-0.15, -0.1) is 0 Å². The summed E-state index contributed by atoms with van der Waals surface area (Å²) in [6.45, 7) is 4.01. The van der Waals surface area contributed by atoms with Crippen molar-refractivity contribution in [3.63, 3.8) is 0 Å². The second-order valence-electron chi connectivity index (χ2n) is 4.51. The summed E-state index contributed by atoms with van der Waals surface area (Å²) < 4.78 is 5.20. The van der Waals surface area contributed by atoms with Gasteiger partial charge in [-0.1, -0.05) is 17.3 Å². The minimum Gasteiger partial charge on any atom is -0.409 e. The molecule has 1 aromatic carbocycles. The maximum absolute atomic E-state index is 12.2. The zero-order valence-electron chi connectivity index (χ0n) is 11.3. The fraction of sp³-hybridized carbons (Fsp3) is 0.385. The zero-order chi connectivity index (χ0) is 14.5. The molecule has 1 aliphatic heterocycles. The number of aryl methyl sites for hydroxylation is 1. The third-order valence-corrected chi connectivity index (χ3v) is 3.18. The Bertz CT molecular complexity index is 524. The molecule has 7 heteroatoms. The van der Waals surface area contributed by atoms with Gasteiger partial charge in [-0.2, -0.15) is 0 Å². The molecule has 0 saturated carbocycles. The minimum atomic E-state index is -0.217. The van der Waals surface area contributed by atoms with Gasteiger partial charge in [0.2, 0.25) is 0 Å². The molecule has 0 bridgehead atoms. The van der Waals surface area contributed by atoms with Crippen LogP contribution in [0.2, 0.25) is 0 Å². The lowest BCUT2D eigenvalue weighted by Gasteiger charge is -2.27. The molecule has 0 radical (unpaired) electrons. The Morgan fingerprint density at radius 2 is 2.15 bits per heavy atom. The third kappa shape index (κ3) is 3.00. The van der Waals surface area contributed by atoms with E-state index in [0.717, 1.165) is 5.56 Å². The monoisotopic (exact) mass is 278 g/mol. The van der Waals surface area contributed by atoms with E-state index in [1.165, 1.54) is 0 Å². The third-order valence-electron chi connectivity index (χ3n) is 3.18. The highest BCUT2D eigenvalue weighted by molar-refractivity contribution is 6.06. The number of hydrogen-bond donors (Lipinski definition) is 3. The summed E-state index contributed by atoms with van der Waals surface area (Å²) in [4.78, 5) is 13.8. The standard InChI is InChI=1S/C13H18N4O3/c1-9-3-2-4-10(11(9)12(14)16-19)15-13(18)17-5-7-20-8-6-17/h2-4,19H,5-8H2,1H3,(H2,14,16)(H,15,18). The van der Waals surface area contributed by atoms with Gasteiger partial charge in [0.15, 0.2) is 5.84 Å². The van der Waals surface area contributed by atoms with Crippen molar-refractivity contribution in [2.45, 2.75) is 6.92 Å². The Labute approximate surface area is 117 Å². The number of morpholine rings is 1. The molecule has 1 heterocycles. The molecule has 20 heavy (non-hydrogen) atoms. The second kappa shape index (κ2) is 6.25. The number of anilines is 1. The van der Waals surface area contributed by atoms with Crippen LogP contribution in [0.5, 0.6) is 0 Å². The van der Waals surface area contributed by atoms with Gasteiger partial charge in [0, 0.05) is 18.7 Å². The van der Waals surface area contributed by atoms with Crippen LogP contribution >= 0.6 is 0 Å². The highest BCUT2D eigenvalue weighted by atomic mass is 16.5. The number of amidine groups is 1. The normalized spacial score (nSPS) is 16.1. The fourth-order valence-corrected chi connectivity index (χ4v) is 2.12. The van der Waals surface area contributed by atoms with Gasteiger partial charge in [-0.25, -0.2) is 4.79 Å². The number of rotatable bonds is 2. The highest BCUT2D eigenvalue weighted by Crippen LogP contribution is 2.20. The number of ether oxygens (including phenoxy) is 1. The summed E-state index contributed by atoms with van der Waals surface area (Å²) in [6.07, 6.45) is 0. The van der Waals surface area contributed by atoms with E-state index >= 15 is 0 Å². The van der Waals surface area contributed by atoms with E-state index in [1.807, 2.05) is 13.0 Å². The topological polar surface area (TPSA) is 100 Å². The summed E-state index contributed by atoms with van der Waals surface area (Å²) in [5.41, 5.74) is 7.53. The smallest absolute Gasteiger partial charge is 0.322 e. The van der Waals surface area contributed by atoms with Crippen molar-refractivity contribution in [3.05, 3.63) is 29.3 Å². The predicted molar refractivity (Wildman–Crippen MR) is 75.1 cm³/mol. The maximum Gasteiger partial charge on any atom is 0.322 e. The molecule has 2 amide bonds. The summed E-state index contributed by atoms with van der Waals surface area (Å²) >= 11 is 0. The number of hydrogen-bond acceptors (Lipinski definition) is 4. The van der Waals surface area contributed by atoms with Crippen molar-refractivity contribution in [2.75, 3.05) is 31.6 Å². The first kappa shape index (κ1) is 14.1. The lowest BCUT2D eigenvalue weighted by Crippen LogP contribution is -2.43. The lowest BCUT2D eigenvalue weighted by atomic mass is 10.1. The van der Waals surface area contributed by atoms with Gasteiger partial charge in [0.05, 0.1) is 18.9 Å². The van der Waals surface area contributed by atoms with Gasteiger partial charge < -0.3 is 25.9 Å². The van der Waals surface area contributed by atoms with Crippen LogP contribution in [-0.4, -0.2) is 48.3 Å². The molecule has 0 aromatic heterocycles. The molecule has 0 unspecified atom stereocenters. The zero-order valence-corrected chi connectivity index (χ0v) is 11.3. The Kier molecular flexibility index (Phi) is 4.41. The minimum absolute atomic E-state index is 0.0274. The maximum atomic E-state index is 12.2. The lowest BCUT2D eigenvalue weighted by molar-refractivity contribution is 0.0564. The summed E-state index contributed by atoms with van der Waals surface area (Å²) in [5, 5.41) is 14.6. The van der Waals surface area contributed by atoms with Crippen LogP contribution in [0.3, 0.4) is 0 Å². The molecular weight excluding hydrogens is 260 g/mol. The first-order valence-electron chi connectivity index (χ1n) is 6.34. The van der Waals surface area contributed by atoms with Crippen LogP contribution in [0.4, 0.5) is 10.5 Å². The predicted octanol–water partition coefficient (Wildman–Crippen LogP) is 0.954. The molecule has 2 rings (SSSR count). The number of benzene rings is 1. The Hall–Kier alpha value is -2.28. The van der Waals surface area contributed by atoms with Gasteiger partial charge in [0.25, 0.3) is 0 Å². The van der Waals surface area contributed by atoms with Gasteiger partial charge in [-0.05, 0) is 18.6 Å². The summed E-state index contributed by atoms with van der Waals surface area (Å²) in [6, 6.07) is 5.14. The summed E-state index contributed by atoms with van der Waals surface area (Å²) in [7, 11) is 0. The second-order valence-corrected chi connectivity index (χ2v) is 4.51. The van der Waals surface area contributed by atoms with Crippen LogP contribution in [0.15, 0.2) is 23.4 Å². The van der Waals surface area contributed by atoms with Crippen molar-refractivity contribution in [1.82, 2.24) is 4.90 Å². The number of urea groups is 1. The molecule has 1 aliphatic rings. The van der Waals surface area contributed by atoms with E-state index in [4.69, 9.17) is 15.7 Å². The quantitative estimate of drug-likeness (QED) is 0.324. The number of nitrogens with zero attached hydrogens (tertiary/aromatic N) is 2. The van der Waals surface area contributed by atoms with Crippen molar-refractivity contribution in [1.29, 1.82) is 0 Å². The highest BCUT2D eigenvalue weighted by Gasteiger charge is 2.19. The number of amides is 2. The Balaban J connectivity index is 2.20. The van der Waals surface area contributed by atoms with Gasteiger partial charge in [0.1, 0.15) is 0 Å². The molecular formula is C13H18N4O3. The Morgan fingerprint density at radius 1 is 1.45 bits per heavy atom. The number of nitrogens with one attached hydrogen (secondary N) is 1. The number of carbonyl (C=O) groups excluding carboxylic acids is 1. The molecule has 1 saturated heterocycles. The molecule has 4 N–H and O–H groups in total. The fourth-order valence-electron chi connectivity index (χ4n) is 2.12. The molecule has 1 aromatic rings. The SMILES string of the molecule is Cc1cccc(NC(=O)N2CCOCC2)c1/C(N)=N/O. The summed E-state index contributed by atoms with van der Waals surface area (Å²) in [5.74, 6) is -0.0274. The van der Waals surface area contributed by atoms with Crippen molar-refractivity contribution in [2.24, 2.45) is 10.9 Å². The molecule has 0 atom stereocenters. The van der Waals surface area contributed by atoms with E-state index in [-0.39, 0.29) is 11.9 Å². The van der Waals surface area contributed by atoms with Gasteiger partial charge in [-0.3, -0.25) is 0 Å². The van der Waals surface area contributed by atoms with Crippen LogP contribution in [0, 0.1) is 6.92 Å². The van der Waals surface area contributed by atoms with Crippen LogP contribution in [-0.2, 0) is 4.74 Å². The van der Waals surface area contributed by atoms with E-state index < -0.39 is 0 Å². The Morgan fingerprint density at radius 3 is 2.80 bits per heavy atom. The van der Waals surface area contributed by atoms with E-state index in [2.05, 4.69) is 10.5 Å². The van der Waals surface area contributed by atoms with Crippen LogP contribution in [0.1, 0.15) is 11.1 Å². The van der Waals surface area contributed by atoms with Crippen molar-refractivity contribution in [3.8, 4) is 0 Å². The molecule has 0 spiro atoms. The van der Waals surface area contributed by atoms with Crippen molar-refractivity contribution < 1.29 is 14.7 Å². The number of nitrogens with two attached hydrogens (primary N) is 1. The van der Waals surface area contributed by atoms with E-state index in [1.54, 1.807) is 17.0 Å². The largest absolute Gasteiger partial charge is 0.409 e.